The molecule has 0 bridgehead atoms. The molecule has 0 saturated carbocycles. The molecule has 0 aliphatic carbocycles. The second-order valence-electron chi connectivity index (χ2n) is 5.87. The molecule has 144 valence electrons. The summed E-state index contributed by atoms with van der Waals surface area (Å²) < 4.78 is 5.17. The Kier molecular flexibility index (Phi) is 6.57. The Morgan fingerprint density at radius 3 is 2.36 bits per heavy atom. The van der Waals surface area contributed by atoms with Gasteiger partial charge >= 0.3 is 0 Å². The van der Waals surface area contributed by atoms with Gasteiger partial charge in [0.25, 0.3) is 5.91 Å². The molecule has 1 heterocycles. The third-order valence-electron chi connectivity index (χ3n) is 3.81. The maximum atomic E-state index is 12.1. The fourth-order valence-corrected chi connectivity index (χ4v) is 2.68. The summed E-state index contributed by atoms with van der Waals surface area (Å²) in [6.45, 7) is 0.369. The van der Waals surface area contributed by atoms with E-state index in [1.807, 2.05) is 0 Å². The van der Waals surface area contributed by atoms with Crippen LogP contribution in [0.1, 0.15) is 16.1 Å². The highest BCUT2D eigenvalue weighted by Crippen LogP contribution is 2.24. The van der Waals surface area contributed by atoms with Crippen LogP contribution in [-0.4, -0.2) is 18.4 Å². The SMILES string of the molecule is O=C(CNc1ccc(Cl)c(Cl)c1)Nc1ccc(C(=O)NCc2ccco2)cc1. The zero-order valence-electron chi connectivity index (χ0n) is 14.7. The lowest BCUT2D eigenvalue weighted by Crippen LogP contribution is -2.23. The van der Waals surface area contributed by atoms with E-state index in [2.05, 4.69) is 16.0 Å². The molecule has 8 heteroatoms. The maximum Gasteiger partial charge on any atom is 0.251 e. The molecule has 3 N–H and O–H groups in total. The quantitative estimate of drug-likeness (QED) is 0.525. The summed E-state index contributed by atoms with van der Waals surface area (Å²) in [6.07, 6.45) is 1.55. The summed E-state index contributed by atoms with van der Waals surface area (Å²) in [6, 6.07) is 15.2. The van der Waals surface area contributed by atoms with E-state index in [0.717, 1.165) is 0 Å². The van der Waals surface area contributed by atoms with Crippen LogP contribution in [0.25, 0.3) is 0 Å². The van der Waals surface area contributed by atoms with Crippen LogP contribution < -0.4 is 16.0 Å². The molecule has 0 saturated heterocycles. The van der Waals surface area contributed by atoms with Gasteiger partial charge in [0, 0.05) is 16.9 Å². The Morgan fingerprint density at radius 1 is 0.929 bits per heavy atom. The number of nitrogens with one attached hydrogen (secondary N) is 3. The van der Waals surface area contributed by atoms with Crippen LogP contribution >= 0.6 is 23.2 Å². The topological polar surface area (TPSA) is 83.4 Å². The van der Waals surface area contributed by atoms with Crippen molar-refractivity contribution in [3.8, 4) is 0 Å². The van der Waals surface area contributed by atoms with Crippen LogP contribution in [0, 0.1) is 0 Å². The summed E-state index contributed by atoms with van der Waals surface area (Å²) in [5.41, 5.74) is 1.76. The van der Waals surface area contributed by atoms with E-state index in [9.17, 15) is 9.59 Å². The van der Waals surface area contributed by atoms with Gasteiger partial charge in [-0.3, -0.25) is 9.59 Å². The van der Waals surface area contributed by atoms with Gasteiger partial charge in [-0.05, 0) is 54.6 Å². The van der Waals surface area contributed by atoms with Crippen molar-refractivity contribution in [2.24, 2.45) is 0 Å². The van der Waals surface area contributed by atoms with Crippen molar-refractivity contribution in [2.75, 3.05) is 17.2 Å². The van der Waals surface area contributed by atoms with Gasteiger partial charge in [-0.1, -0.05) is 23.2 Å². The van der Waals surface area contributed by atoms with Crippen LogP contribution in [-0.2, 0) is 11.3 Å². The Hall–Kier alpha value is -2.96. The third kappa shape index (κ3) is 5.52. The fourth-order valence-electron chi connectivity index (χ4n) is 2.38. The second-order valence-corrected chi connectivity index (χ2v) is 6.68. The van der Waals surface area contributed by atoms with E-state index in [1.165, 1.54) is 0 Å². The first-order chi connectivity index (χ1) is 13.5. The highest BCUT2D eigenvalue weighted by atomic mass is 35.5. The first-order valence-electron chi connectivity index (χ1n) is 8.40. The standard InChI is InChI=1S/C20H17Cl2N3O3/c21-17-8-7-15(10-18(17)22)23-12-19(26)25-14-5-3-13(4-6-14)20(27)24-11-16-2-1-9-28-16/h1-10,23H,11-12H2,(H,24,27)(H,25,26). The minimum absolute atomic E-state index is 0.0589. The molecule has 2 aromatic carbocycles. The van der Waals surface area contributed by atoms with Crippen molar-refractivity contribution in [1.82, 2.24) is 5.32 Å². The zero-order valence-corrected chi connectivity index (χ0v) is 16.2. The second kappa shape index (κ2) is 9.30. The first kappa shape index (κ1) is 19.8. The van der Waals surface area contributed by atoms with E-state index < -0.39 is 0 Å². The van der Waals surface area contributed by atoms with Crippen LogP contribution in [0.2, 0.25) is 10.0 Å². The van der Waals surface area contributed by atoms with Gasteiger partial charge in [0.05, 0.1) is 29.4 Å². The van der Waals surface area contributed by atoms with Crippen LogP contribution in [0.5, 0.6) is 0 Å². The van der Waals surface area contributed by atoms with E-state index in [4.69, 9.17) is 27.6 Å². The van der Waals surface area contributed by atoms with Crippen molar-refractivity contribution in [3.63, 3.8) is 0 Å². The van der Waals surface area contributed by atoms with Gasteiger partial charge in [-0.25, -0.2) is 0 Å². The average Bonchev–Trinajstić information content (AvgIpc) is 3.21. The molecular formula is C20H17Cl2N3O3. The van der Waals surface area contributed by atoms with Crippen LogP contribution in [0.4, 0.5) is 11.4 Å². The minimum atomic E-state index is -0.235. The molecule has 28 heavy (non-hydrogen) atoms. The molecule has 3 aromatic rings. The molecule has 0 atom stereocenters. The predicted octanol–water partition coefficient (Wildman–Crippen LogP) is 4.57. The van der Waals surface area contributed by atoms with Crippen molar-refractivity contribution < 1.29 is 14.0 Å². The molecule has 2 amide bonds. The Labute approximate surface area is 171 Å². The van der Waals surface area contributed by atoms with Crippen LogP contribution in [0.15, 0.2) is 65.3 Å². The Balaban J connectivity index is 1.48. The third-order valence-corrected chi connectivity index (χ3v) is 4.55. The Bertz CT molecular complexity index is 957. The van der Waals surface area contributed by atoms with Gasteiger partial charge in [0.15, 0.2) is 0 Å². The van der Waals surface area contributed by atoms with E-state index in [-0.39, 0.29) is 18.4 Å². The average molecular weight is 418 g/mol. The Morgan fingerprint density at radius 2 is 1.68 bits per heavy atom. The number of amides is 2. The van der Waals surface area contributed by atoms with E-state index in [0.29, 0.717) is 39.3 Å². The molecule has 0 aliphatic rings. The van der Waals surface area contributed by atoms with E-state index in [1.54, 1.807) is 60.9 Å². The number of benzene rings is 2. The predicted molar refractivity (Wildman–Crippen MR) is 110 cm³/mol. The summed E-state index contributed by atoms with van der Waals surface area (Å²) in [4.78, 5) is 24.2. The molecule has 3 rings (SSSR count). The number of furan rings is 1. The lowest BCUT2D eigenvalue weighted by atomic mass is 10.2. The summed E-state index contributed by atoms with van der Waals surface area (Å²) in [5, 5.41) is 9.33. The lowest BCUT2D eigenvalue weighted by molar-refractivity contribution is -0.114. The van der Waals surface area contributed by atoms with Crippen LogP contribution in [0.3, 0.4) is 0 Å². The molecule has 0 radical (unpaired) electrons. The van der Waals surface area contributed by atoms with Gasteiger partial charge in [0.1, 0.15) is 5.76 Å². The highest BCUT2D eigenvalue weighted by molar-refractivity contribution is 6.42. The number of rotatable bonds is 7. The van der Waals surface area contributed by atoms with Crippen molar-refractivity contribution in [3.05, 3.63) is 82.2 Å². The molecule has 0 aliphatic heterocycles. The van der Waals surface area contributed by atoms with E-state index >= 15 is 0 Å². The minimum Gasteiger partial charge on any atom is -0.467 e. The fraction of sp³-hybridized carbons (Fsp3) is 0.100. The molecule has 0 unspecified atom stereocenters. The van der Waals surface area contributed by atoms with Gasteiger partial charge in [-0.15, -0.1) is 0 Å². The largest absolute Gasteiger partial charge is 0.467 e. The zero-order chi connectivity index (χ0) is 19.9. The molecule has 1 aromatic heterocycles. The number of hydrogen-bond acceptors (Lipinski definition) is 4. The molecule has 0 spiro atoms. The molecular weight excluding hydrogens is 401 g/mol. The summed E-state index contributed by atoms with van der Waals surface area (Å²) in [7, 11) is 0. The van der Waals surface area contributed by atoms with Gasteiger partial charge in [0.2, 0.25) is 5.91 Å². The van der Waals surface area contributed by atoms with Gasteiger partial charge < -0.3 is 20.4 Å². The monoisotopic (exact) mass is 417 g/mol. The molecule has 0 fully saturated rings. The number of hydrogen-bond donors (Lipinski definition) is 3. The maximum absolute atomic E-state index is 12.1. The highest BCUT2D eigenvalue weighted by Gasteiger charge is 2.08. The smallest absolute Gasteiger partial charge is 0.251 e. The molecule has 6 nitrogen and oxygen atoms in total. The first-order valence-corrected chi connectivity index (χ1v) is 9.16. The van der Waals surface area contributed by atoms with Gasteiger partial charge in [-0.2, -0.15) is 0 Å². The van der Waals surface area contributed by atoms with Crippen molar-refractivity contribution in [1.29, 1.82) is 0 Å². The number of halogens is 2. The number of carbonyl (C=O) groups is 2. The summed E-state index contributed by atoms with van der Waals surface area (Å²) in [5.74, 6) is 0.211. The van der Waals surface area contributed by atoms with Crippen molar-refractivity contribution in [2.45, 2.75) is 6.54 Å². The lowest BCUT2D eigenvalue weighted by Gasteiger charge is -2.09. The number of carbonyl (C=O) groups excluding carboxylic acids is 2. The summed E-state index contributed by atoms with van der Waals surface area (Å²) >= 11 is 11.8. The normalized spacial score (nSPS) is 10.4. The van der Waals surface area contributed by atoms with Crippen molar-refractivity contribution >= 4 is 46.4 Å². The number of anilines is 2.